The number of rotatable bonds is 10. The number of hydrogen-bond acceptors (Lipinski definition) is 4. The van der Waals surface area contributed by atoms with Crippen LogP contribution in [0.15, 0.2) is 48.5 Å². The molecule has 0 aliphatic carbocycles. The lowest BCUT2D eigenvalue weighted by Gasteiger charge is -2.20. The summed E-state index contributed by atoms with van der Waals surface area (Å²) in [4.78, 5) is 12.3. The molecule has 1 amide bonds. The summed E-state index contributed by atoms with van der Waals surface area (Å²) < 4.78 is 30.6. The van der Waals surface area contributed by atoms with Gasteiger partial charge in [0.15, 0.2) is 0 Å². The van der Waals surface area contributed by atoms with E-state index >= 15 is 0 Å². The van der Waals surface area contributed by atoms with Crippen LogP contribution in [0.3, 0.4) is 0 Å². The summed E-state index contributed by atoms with van der Waals surface area (Å²) in [6.45, 7) is 6.66. The lowest BCUT2D eigenvalue weighted by atomic mass is 10.1. The van der Waals surface area contributed by atoms with Crippen molar-refractivity contribution >= 4 is 21.6 Å². The number of nitrogens with one attached hydrogen (secondary N) is 1. The minimum absolute atomic E-state index is 0.137. The minimum Gasteiger partial charge on any atom is -0.491 e. The van der Waals surface area contributed by atoms with Crippen LogP contribution in [-0.4, -0.2) is 39.8 Å². The Hall–Kier alpha value is -2.54. The number of carbonyl (C=O) groups is 1. The van der Waals surface area contributed by atoms with Gasteiger partial charge in [-0.2, -0.15) is 0 Å². The topological polar surface area (TPSA) is 75.7 Å². The first-order chi connectivity index (χ1) is 13.7. The van der Waals surface area contributed by atoms with Gasteiger partial charge in [0.25, 0.3) is 5.91 Å². The fourth-order valence-electron chi connectivity index (χ4n) is 3.03. The molecule has 0 radical (unpaired) electrons. The Morgan fingerprint density at radius 3 is 2.41 bits per heavy atom. The molecule has 158 valence electrons. The predicted molar refractivity (Wildman–Crippen MR) is 117 cm³/mol. The molecule has 0 spiro atoms. The van der Waals surface area contributed by atoms with Crippen LogP contribution in [-0.2, 0) is 16.4 Å². The lowest BCUT2D eigenvalue weighted by Crippen LogP contribution is -2.29. The highest BCUT2D eigenvalue weighted by Gasteiger charge is 2.15. The van der Waals surface area contributed by atoms with Crippen molar-refractivity contribution in [3.63, 3.8) is 0 Å². The van der Waals surface area contributed by atoms with E-state index in [4.69, 9.17) is 4.74 Å². The number of ether oxygens (including phenoxy) is 1. The number of amides is 1. The molecule has 7 heteroatoms. The number of carbonyl (C=O) groups excluding carboxylic acids is 1. The van der Waals surface area contributed by atoms with Crippen LogP contribution < -0.4 is 14.4 Å². The molecule has 0 aromatic heterocycles. The number of hydrogen-bond donors (Lipinski definition) is 1. The molecule has 2 aromatic rings. The Morgan fingerprint density at radius 2 is 1.83 bits per heavy atom. The van der Waals surface area contributed by atoms with Crippen molar-refractivity contribution in [1.82, 2.24) is 5.32 Å². The molecule has 0 atom stereocenters. The van der Waals surface area contributed by atoms with Gasteiger partial charge < -0.3 is 10.1 Å². The average molecular weight is 419 g/mol. The van der Waals surface area contributed by atoms with E-state index < -0.39 is 10.0 Å². The fraction of sp³-hybridized carbons (Fsp3) is 0.409. The molecule has 1 N–H and O–H groups in total. The van der Waals surface area contributed by atoms with Gasteiger partial charge in [0.05, 0.1) is 18.0 Å². The Morgan fingerprint density at radius 1 is 1.14 bits per heavy atom. The Balaban J connectivity index is 1.85. The second-order valence-corrected chi connectivity index (χ2v) is 9.05. The van der Waals surface area contributed by atoms with Gasteiger partial charge in [-0.3, -0.25) is 9.10 Å². The van der Waals surface area contributed by atoms with Crippen molar-refractivity contribution in [3.05, 3.63) is 59.7 Å². The molecule has 0 unspecified atom stereocenters. The van der Waals surface area contributed by atoms with Crippen LogP contribution in [0.25, 0.3) is 0 Å². The average Bonchev–Trinajstić information content (AvgIpc) is 2.65. The molecule has 0 saturated heterocycles. The van der Waals surface area contributed by atoms with Gasteiger partial charge in [0, 0.05) is 18.7 Å². The highest BCUT2D eigenvalue weighted by Crippen LogP contribution is 2.18. The molecule has 0 bridgehead atoms. The summed E-state index contributed by atoms with van der Waals surface area (Å²) in [5, 5.41) is 2.91. The maximum absolute atomic E-state index is 12.3. The molecule has 2 aromatic carbocycles. The number of anilines is 1. The smallest absolute Gasteiger partial charge is 0.251 e. The predicted octanol–water partition coefficient (Wildman–Crippen LogP) is 3.62. The molecule has 0 heterocycles. The summed E-state index contributed by atoms with van der Waals surface area (Å²) in [7, 11) is -3.33. The zero-order valence-corrected chi connectivity index (χ0v) is 18.3. The molecule has 0 fully saturated rings. The van der Waals surface area contributed by atoms with Crippen LogP contribution in [0, 0.1) is 0 Å². The van der Waals surface area contributed by atoms with E-state index in [-0.39, 0.29) is 12.0 Å². The Labute approximate surface area is 173 Å². The van der Waals surface area contributed by atoms with Gasteiger partial charge in [0.2, 0.25) is 10.0 Å². The van der Waals surface area contributed by atoms with Crippen molar-refractivity contribution < 1.29 is 17.9 Å². The van der Waals surface area contributed by atoms with Crippen molar-refractivity contribution in [2.45, 2.75) is 39.7 Å². The van der Waals surface area contributed by atoms with Gasteiger partial charge in [-0.25, -0.2) is 8.42 Å². The quantitative estimate of drug-likeness (QED) is 0.598. The van der Waals surface area contributed by atoms with Gasteiger partial charge in [-0.15, -0.1) is 0 Å². The first-order valence-corrected chi connectivity index (χ1v) is 11.7. The van der Waals surface area contributed by atoms with E-state index in [1.165, 1.54) is 16.1 Å². The van der Waals surface area contributed by atoms with Crippen LogP contribution in [0.2, 0.25) is 0 Å². The number of benzene rings is 2. The second kappa shape index (κ2) is 10.3. The number of aryl methyl sites for hydroxylation is 1. The minimum atomic E-state index is -3.33. The maximum atomic E-state index is 12.3. The zero-order valence-electron chi connectivity index (χ0n) is 17.5. The third-order valence-corrected chi connectivity index (χ3v) is 5.57. The molecule has 0 aliphatic rings. The summed E-state index contributed by atoms with van der Waals surface area (Å²) in [5.41, 5.74) is 2.22. The van der Waals surface area contributed by atoms with Crippen molar-refractivity contribution in [2.24, 2.45) is 0 Å². The molecular weight excluding hydrogens is 388 g/mol. The largest absolute Gasteiger partial charge is 0.491 e. The van der Waals surface area contributed by atoms with Crippen molar-refractivity contribution in [2.75, 3.05) is 23.7 Å². The summed E-state index contributed by atoms with van der Waals surface area (Å²) >= 11 is 0. The van der Waals surface area contributed by atoms with Crippen LogP contribution in [0.5, 0.6) is 5.75 Å². The second-order valence-electron chi connectivity index (χ2n) is 7.15. The monoisotopic (exact) mass is 418 g/mol. The van der Waals surface area contributed by atoms with Crippen LogP contribution >= 0.6 is 0 Å². The molecule has 2 rings (SSSR count). The van der Waals surface area contributed by atoms with Crippen LogP contribution in [0.4, 0.5) is 5.69 Å². The summed E-state index contributed by atoms with van der Waals surface area (Å²) in [5.74, 6) is 0.688. The van der Waals surface area contributed by atoms with Gasteiger partial charge in [0.1, 0.15) is 5.75 Å². The Kier molecular flexibility index (Phi) is 8.08. The van der Waals surface area contributed by atoms with Gasteiger partial charge in [-0.05, 0) is 75.6 Å². The molecular formula is C22H30N2O4S. The van der Waals surface area contributed by atoms with Crippen LogP contribution in [0.1, 0.15) is 43.1 Å². The summed E-state index contributed by atoms with van der Waals surface area (Å²) in [6.07, 6.45) is 2.96. The maximum Gasteiger partial charge on any atom is 0.251 e. The normalized spacial score (nSPS) is 11.3. The highest BCUT2D eigenvalue weighted by atomic mass is 32.2. The van der Waals surface area contributed by atoms with E-state index in [2.05, 4.69) is 11.4 Å². The van der Waals surface area contributed by atoms with Gasteiger partial charge in [-0.1, -0.05) is 12.1 Å². The SMILES string of the molecule is CCN(c1ccc(C(=O)NCCCc2cccc(OC(C)C)c2)cc1)S(C)(=O)=O. The first kappa shape index (κ1) is 22.7. The Bertz CT molecular complexity index is 909. The van der Waals surface area contributed by atoms with E-state index in [0.717, 1.165) is 18.6 Å². The van der Waals surface area contributed by atoms with E-state index in [9.17, 15) is 13.2 Å². The molecule has 0 saturated carbocycles. The summed E-state index contributed by atoms with van der Waals surface area (Å²) in [6, 6.07) is 14.6. The lowest BCUT2D eigenvalue weighted by molar-refractivity contribution is 0.0953. The van der Waals surface area contributed by atoms with E-state index in [0.29, 0.717) is 24.3 Å². The van der Waals surface area contributed by atoms with E-state index in [1.807, 2.05) is 32.0 Å². The number of sulfonamides is 1. The van der Waals surface area contributed by atoms with Gasteiger partial charge >= 0.3 is 0 Å². The fourth-order valence-corrected chi connectivity index (χ4v) is 4.00. The number of nitrogens with zero attached hydrogens (tertiary/aromatic N) is 1. The molecule has 0 aliphatic heterocycles. The molecule has 29 heavy (non-hydrogen) atoms. The van der Waals surface area contributed by atoms with Crippen molar-refractivity contribution in [1.29, 1.82) is 0 Å². The zero-order chi connectivity index (χ0) is 21.4. The highest BCUT2D eigenvalue weighted by molar-refractivity contribution is 7.92. The van der Waals surface area contributed by atoms with E-state index in [1.54, 1.807) is 31.2 Å². The van der Waals surface area contributed by atoms with Crippen molar-refractivity contribution in [3.8, 4) is 5.75 Å². The standard InChI is InChI=1S/C22H30N2O4S/c1-5-24(29(4,26)27)20-13-11-19(12-14-20)22(25)23-15-7-9-18-8-6-10-21(16-18)28-17(2)3/h6,8,10-14,16-17H,5,7,9,15H2,1-4H3,(H,23,25). The third kappa shape index (κ3) is 7.09. The molecule has 6 nitrogen and oxygen atoms in total. The third-order valence-electron chi connectivity index (χ3n) is 4.30. The first-order valence-electron chi connectivity index (χ1n) is 9.82.